The van der Waals surface area contributed by atoms with Gasteiger partial charge in [-0.15, -0.1) is 0 Å². The highest BCUT2D eigenvalue weighted by molar-refractivity contribution is 5.94. The minimum absolute atomic E-state index is 0.00382. The standard InChI is InChI=1S/C14H19FN2O/c1-14(2,3)8-16-12-7-11-9(6-10(12)15)4-5-13(18)17-11/h6-7,16H,4-5,8H2,1-3H3,(H,17,18). The lowest BCUT2D eigenvalue weighted by Gasteiger charge is -2.22. The topological polar surface area (TPSA) is 41.1 Å². The Morgan fingerprint density at radius 2 is 2.06 bits per heavy atom. The number of carbonyl (C=O) groups excluding carboxylic acids is 1. The third kappa shape index (κ3) is 3.00. The van der Waals surface area contributed by atoms with Gasteiger partial charge in [-0.25, -0.2) is 4.39 Å². The van der Waals surface area contributed by atoms with Crippen LogP contribution in [0.15, 0.2) is 12.1 Å². The van der Waals surface area contributed by atoms with Gasteiger partial charge in [0.1, 0.15) is 5.82 Å². The lowest BCUT2D eigenvalue weighted by Crippen LogP contribution is -2.22. The molecule has 1 aliphatic heterocycles. The third-order valence-corrected chi connectivity index (χ3v) is 2.90. The van der Waals surface area contributed by atoms with Crippen molar-refractivity contribution >= 4 is 17.3 Å². The van der Waals surface area contributed by atoms with E-state index in [1.165, 1.54) is 6.07 Å². The molecule has 0 unspecified atom stereocenters. The normalized spacial score (nSPS) is 15.0. The molecule has 0 saturated carbocycles. The first kappa shape index (κ1) is 12.9. The molecule has 0 aliphatic carbocycles. The molecule has 1 aromatic carbocycles. The molecule has 0 bridgehead atoms. The summed E-state index contributed by atoms with van der Waals surface area (Å²) >= 11 is 0. The van der Waals surface area contributed by atoms with Crippen molar-refractivity contribution in [3.8, 4) is 0 Å². The molecular weight excluding hydrogens is 231 g/mol. The zero-order valence-electron chi connectivity index (χ0n) is 11.1. The molecule has 0 spiro atoms. The first-order valence-corrected chi connectivity index (χ1v) is 6.21. The molecule has 1 amide bonds. The predicted molar refractivity (Wildman–Crippen MR) is 71.3 cm³/mol. The van der Waals surface area contributed by atoms with Gasteiger partial charge in [0.05, 0.1) is 5.69 Å². The highest BCUT2D eigenvalue weighted by atomic mass is 19.1. The molecule has 2 rings (SSSR count). The van der Waals surface area contributed by atoms with E-state index in [2.05, 4.69) is 31.4 Å². The van der Waals surface area contributed by atoms with Crippen molar-refractivity contribution < 1.29 is 9.18 Å². The molecule has 0 saturated heterocycles. The lowest BCUT2D eigenvalue weighted by atomic mass is 9.96. The zero-order chi connectivity index (χ0) is 13.3. The van der Waals surface area contributed by atoms with E-state index in [-0.39, 0.29) is 17.1 Å². The van der Waals surface area contributed by atoms with Gasteiger partial charge in [0.25, 0.3) is 0 Å². The van der Waals surface area contributed by atoms with Gasteiger partial charge in [0.2, 0.25) is 5.91 Å². The van der Waals surface area contributed by atoms with Crippen LogP contribution >= 0.6 is 0 Å². The minimum Gasteiger partial charge on any atom is -0.382 e. The molecule has 18 heavy (non-hydrogen) atoms. The number of nitrogens with one attached hydrogen (secondary N) is 2. The number of anilines is 2. The number of benzene rings is 1. The van der Waals surface area contributed by atoms with E-state index in [1.54, 1.807) is 6.07 Å². The van der Waals surface area contributed by atoms with Gasteiger partial charge in [-0.05, 0) is 29.5 Å². The molecule has 0 fully saturated rings. The van der Waals surface area contributed by atoms with Crippen LogP contribution in [0.4, 0.5) is 15.8 Å². The van der Waals surface area contributed by atoms with Crippen LogP contribution < -0.4 is 10.6 Å². The second kappa shape index (κ2) is 4.59. The first-order valence-electron chi connectivity index (χ1n) is 6.21. The second-order valence-electron chi connectivity index (χ2n) is 5.95. The summed E-state index contributed by atoms with van der Waals surface area (Å²) in [5.41, 5.74) is 2.12. The quantitative estimate of drug-likeness (QED) is 0.846. The Kier molecular flexibility index (Phi) is 3.28. The van der Waals surface area contributed by atoms with Crippen molar-refractivity contribution in [2.75, 3.05) is 17.2 Å². The smallest absolute Gasteiger partial charge is 0.224 e. The Labute approximate surface area is 107 Å². The Morgan fingerprint density at radius 3 is 2.72 bits per heavy atom. The lowest BCUT2D eigenvalue weighted by molar-refractivity contribution is -0.116. The van der Waals surface area contributed by atoms with Crippen LogP contribution in [-0.2, 0) is 11.2 Å². The summed E-state index contributed by atoms with van der Waals surface area (Å²) in [6.45, 7) is 6.92. The third-order valence-electron chi connectivity index (χ3n) is 2.90. The van der Waals surface area contributed by atoms with Gasteiger partial charge >= 0.3 is 0 Å². The van der Waals surface area contributed by atoms with Crippen LogP contribution in [-0.4, -0.2) is 12.5 Å². The van der Waals surface area contributed by atoms with Gasteiger partial charge in [-0.3, -0.25) is 4.79 Å². The minimum atomic E-state index is -0.255. The number of fused-ring (bicyclic) bond motifs is 1. The number of amides is 1. The van der Waals surface area contributed by atoms with Crippen molar-refractivity contribution in [2.24, 2.45) is 5.41 Å². The van der Waals surface area contributed by atoms with Gasteiger partial charge in [0.15, 0.2) is 0 Å². The van der Waals surface area contributed by atoms with Crippen molar-refractivity contribution in [1.82, 2.24) is 0 Å². The number of halogens is 1. The van der Waals surface area contributed by atoms with E-state index in [9.17, 15) is 9.18 Å². The van der Waals surface area contributed by atoms with E-state index in [1.807, 2.05) is 0 Å². The Hall–Kier alpha value is -1.58. The summed E-state index contributed by atoms with van der Waals surface area (Å²) < 4.78 is 13.9. The van der Waals surface area contributed by atoms with Gasteiger partial charge in [-0.2, -0.15) is 0 Å². The number of rotatable bonds is 2. The Morgan fingerprint density at radius 1 is 1.33 bits per heavy atom. The zero-order valence-corrected chi connectivity index (χ0v) is 11.1. The number of aryl methyl sites for hydroxylation is 1. The van der Waals surface area contributed by atoms with Crippen LogP contribution in [0.2, 0.25) is 0 Å². The fourth-order valence-electron chi connectivity index (χ4n) is 1.89. The average molecular weight is 250 g/mol. The number of hydrogen-bond acceptors (Lipinski definition) is 2. The molecule has 2 N–H and O–H groups in total. The van der Waals surface area contributed by atoms with Gasteiger partial charge < -0.3 is 10.6 Å². The average Bonchev–Trinajstić information content (AvgIpc) is 2.26. The van der Waals surface area contributed by atoms with E-state index in [0.717, 1.165) is 11.3 Å². The summed E-state index contributed by atoms with van der Waals surface area (Å²) in [5.74, 6) is -0.259. The monoisotopic (exact) mass is 250 g/mol. The maximum Gasteiger partial charge on any atom is 0.224 e. The molecule has 1 aliphatic rings. The SMILES string of the molecule is CC(C)(C)CNc1cc2c(cc1F)CCC(=O)N2. The maximum atomic E-state index is 13.9. The van der Waals surface area contributed by atoms with Crippen LogP contribution in [0, 0.1) is 11.2 Å². The highest BCUT2D eigenvalue weighted by Gasteiger charge is 2.18. The predicted octanol–water partition coefficient (Wildman–Crippen LogP) is 3.17. The largest absolute Gasteiger partial charge is 0.382 e. The molecule has 98 valence electrons. The van der Waals surface area contributed by atoms with Crippen molar-refractivity contribution in [3.63, 3.8) is 0 Å². The van der Waals surface area contributed by atoms with Crippen LogP contribution in [0.3, 0.4) is 0 Å². The van der Waals surface area contributed by atoms with Crippen LogP contribution in [0.1, 0.15) is 32.8 Å². The summed E-state index contributed by atoms with van der Waals surface area (Å²) in [6.07, 6.45) is 1.04. The molecule has 3 nitrogen and oxygen atoms in total. The fourth-order valence-corrected chi connectivity index (χ4v) is 1.89. The molecule has 1 aromatic rings. The Bertz CT molecular complexity index is 477. The number of carbonyl (C=O) groups is 1. The molecular formula is C14H19FN2O. The number of hydrogen-bond donors (Lipinski definition) is 2. The van der Waals surface area contributed by atoms with Crippen molar-refractivity contribution in [1.29, 1.82) is 0 Å². The van der Waals surface area contributed by atoms with Gasteiger partial charge in [0, 0.05) is 18.7 Å². The summed E-state index contributed by atoms with van der Waals surface area (Å²) in [5, 5.41) is 5.87. The summed E-state index contributed by atoms with van der Waals surface area (Å²) in [7, 11) is 0. The van der Waals surface area contributed by atoms with Crippen molar-refractivity contribution in [2.45, 2.75) is 33.6 Å². The second-order valence-corrected chi connectivity index (χ2v) is 5.95. The summed E-state index contributed by atoms with van der Waals surface area (Å²) in [4.78, 5) is 11.3. The van der Waals surface area contributed by atoms with Gasteiger partial charge in [-0.1, -0.05) is 20.8 Å². The van der Waals surface area contributed by atoms with E-state index >= 15 is 0 Å². The fraction of sp³-hybridized carbons (Fsp3) is 0.500. The first-order chi connectivity index (χ1) is 8.35. The van der Waals surface area contributed by atoms with E-state index < -0.39 is 0 Å². The Balaban J connectivity index is 2.21. The molecule has 4 heteroatoms. The van der Waals surface area contributed by atoms with Crippen molar-refractivity contribution in [3.05, 3.63) is 23.5 Å². The molecule has 0 atom stereocenters. The van der Waals surface area contributed by atoms with E-state index in [0.29, 0.717) is 25.1 Å². The maximum absolute atomic E-state index is 13.9. The van der Waals surface area contributed by atoms with Crippen LogP contribution in [0.25, 0.3) is 0 Å². The molecule has 0 radical (unpaired) electrons. The molecule has 0 aromatic heterocycles. The highest BCUT2D eigenvalue weighted by Crippen LogP contribution is 2.29. The molecule has 1 heterocycles. The van der Waals surface area contributed by atoms with Crippen LogP contribution in [0.5, 0.6) is 0 Å². The summed E-state index contributed by atoms with van der Waals surface area (Å²) in [6, 6.07) is 3.20. The van der Waals surface area contributed by atoms with E-state index in [4.69, 9.17) is 0 Å².